The third-order valence-electron chi connectivity index (χ3n) is 2.42. The molecule has 8 heteroatoms. The number of benzene rings is 1. The highest BCUT2D eigenvalue weighted by Crippen LogP contribution is 2.25. The number of carbonyl (C=O) groups excluding carboxylic acids is 1. The number of pyridine rings is 1. The van der Waals surface area contributed by atoms with Crippen LogP contribution in [0.1, 0.15) is 10.5 Å². The van der Waals surface area contributed by atoms with Gasteiger partial charge in [0, 0.05) is 10.2 Å². The summed E-state index contributed by atoms with van der Waals surface area (Å²) in [6.45, 7) is 0. The SMILES string of the molecule is O=C(Nc1ccc(C(=O)O)nc1)Nc1ccc(Br)c(Cl)c1. The van der Waals surface area contributed by atoms with E-state index in [1.54, 1.807) is 18.2 Å². The van der Waals surface area contributed by atoms with Gasteiger partial charge in [-0.1, -0.05) is 11.6 Å². The Bertz CT molecular complexity index is 692. The van der Waals surface area contributed by atoms with Gasteiger partial charge in [0.15, 0.2) is 0 Å². The molecule has 0 unspecified atom stereocenters. The number of halogens is 2. The number of nitrogens with one attached hydrogen (secondary N) is 2. The summed E-state index contributed by atoms with van der Waals surface area (Å²) < 4.78 is 0.726. The van der Waals surface area contributed by atoms with Crippen LogP contribution in [0.5, 0.6) is 0 Å². The Morgan fingerprint density at radius 3 is 2.38 bits per heavy atom. The van der Waals surface area contributed by atoms with Gasteiger partial charge in [-0.15, -0.1) is 0 Å². The maximum absolute atomic E-state index is 11.8. The van der Waals surface area contributed by atoms with Crippen LogP contribution in [0.3, 0.4) is 0 Å². The van der Waals surface area contributed by atoms with Crippen molar-refractivity contribution in [2.45, 2.75) is 0 Å². The number of aromatic carboxylic acids is 1. The van der Waals surface area contributed by atoms with Crippen molar-refractivity contribution in [2.24, 2.45) is 0 Å². The van der Waals surface area contributed by atoms with E-state index in [-0.39, 0.29) is 5.69 Å². The zero-order chi connectivity index (χ0) is 15.4. The molecule has 0 saturated carbocycles. The highest BCUT2D eigenvalue weighted by Gasteiger charge is 2.07. The predicted octanol–water partition coefficient (Wildman–Crippen LogP) is 3.84. The first-order valence-corrected chi connectivity index (χ1v) is 6.85. The lowest BCUT2D eigenvalue weighted by Crippen LogP contribution is -2.19. The topological polar surface area (TPSA) is 91.3 Å². The summed E-state index contributed by atoms with van der Waals surface area (Å²) in [6.07, 6.45) is 1.26. The Morgan fingerprint density at radius 2 is 1.81 bits per heavy atom. The van der Waals surface area contributed by atoms with E-state index in [4.69, 9.17) is 16.7 Å². The molecule has 0 aliphatic heterocycles. The summed E-state index contributed by atoms with van der Waals surface area (Å²) in [5.41, 5.74) is 0.803. The monoisotopic (exact) mass is 369 g/mol. The summed E-state index contributed by atoms with van der Waals surface area (Å²) in [4.78, 5) is 26.1. The number of hydrogen-bond acceptors (Lipinski definition) is 3. The van der Waals surface area contributed by atoms with Crippen molar-refractivity contribution in [3.8, 4) is 0 Å². The van der Waals surface area contributed by atoms with Gasteiger partial charge in [-0.05, 0) is 46.3 Å². The van der Waals surface area contributed by atoms with Crippen molar-refractivity contribution in [2.75, 3.05) is 10.6 Å². The zero-order valence-corrected chi connectivity index (χ0v) is 12.8. The Balaban J connectivity index is 2.01. The third-order valence-corrected chi connectivity index (χ3v) is 3.65. The van der Waals surface area contributed by atoms with Gasteiger partial charge in [0.1, 0.15) is 5.69 Å². The molecule has 0 radical (unpaired) electrons. The average Bonchev–Trinajstić information content (AvgIpc) is 2.43. The number of nitrogens with zero attached hydrogens (tertiary/aromatic N) is 1. The zero-order valence-electron chi connectivity index (χ0n) is 10.4. The molecular formula is C13H9BrClN3O3. The number of urea groups is 1. The lowest BCUT2D eigenvalue weighted by Gasteiger charge is -2.08. The van der Waals surface area contributed by atoms with Crippen LogP contribution in [-0.4, -0.2) is 22.1 Å². The summed E-state index contributed by atoms with van der Waals surface area (Å²) >= 11 is 9.17. The van der Waals surface area contributed by atoms with E-state index in [0.717, 1.165) is 4.47 Å². The molecule has 0 atom stereocenters. The smallest absolute Gasteiger partial charge is 0.354 e. The molecule has 0 bridgehead atoms. The standard InChI is InChI=1S/C13H9BrClN3O3/c14-9-3-1-7(5-10(9)15)17-13(21)18-8-2-4-11(12(19)20)16-6-8/h1-6H,(H,19,20)(H2,17,18,21). The molecule has 3 N–H and O–H groups in total. The maximum atomic E-state index is 11.8. The van der Waals surface area contributed by atoms with Crippen molar-refractivity contribution in [1.29, 1.82) is 0 Å². The fourth-order valence-electron chi connectivity index (χ4n) is 1.46. The second kappa shape index (κ2) is 6.55. The van der Waals surface area contributed by atoms with Crippen LogP contribution in [-0.2, 0) is 0 Å². The number of anilines is 2. The van der Waals surface area contributed by atoms with Gasteiger partial charge in [-0.2, -0.15) is 0 Å². The van der Waals surface area contributed by atoms with E-state index in [9.17, 15) is 9.59 Å². The van der Waals surface area contributed by atoms with E-state index in [1.807, 2.05) is 0 Å². The molecule has 0 spiro atoms. The largest absolute Gasteiger partial charge is 0.477 e. The van der Waals surface area contributed by atoms with Crippen LogP contribution in [0.4, 0.5) is 16.2 Å². The third kappa shape index (κ3) is 4.17. The van der Waals surface area contributed by atoms with Crippen molar-refractivity contribution in [3.63, 3.8) is 0 Å². The van der Waals surface area contributed by atoms with Crippen LogP contribution in [0.15, 0.2) is 41.0 Å². The molecule has 0 fully saturated rings. The van der Waals surface area contributed by atoms with Crippen LogP contribution in [0.25, 0.3) is 0 Å². The van der Waals surface area contributed by atoms with Crippen molar-refractivity contribution in [3.05, 3.63) is 51.7 Å². The second-order valence-electron chi connectivity index (χ2n) is 3.95. The second-order valence-corrected chi connectivity index (χ2v) is 5.21. The number of carboxylic acids is 1. The average molecular weight is 371 g/mol. The Labute approximate surface area is 133 Å². The predicted molar refractivity (Wildman–Crippen MR) is 83.0 cm³/mol. The fraction of sp³-hybridized carbons (Fsp3) is 0. The minimum absolute atomic E-state index is 0.0966. The first-order valence-electron chi connectivity index (χ1n) is 5.68. The van der Waals surface area contributed by atoms with Gasteiger partial charge in [-0.3, -0.25) is 0 Å². The van der Waals surface area contributed by atoms with Crippen molar-refractivity contribution >= 4 is 50.9 Å². The highest BCUT2D eigenvalue weighted by molar-refractivity contribution is 9.10. The summed E-state index contributed by atoms with van der Waals surface area (Å²) in [6, 6.07) is 7.25. The molecule has 0 aliphatic rings. The first kappa shape index (κ1) is 15.3. The van der Waals surface area contributed by atoms with Gasteiger partial charge < -0.3 is 15.7 Å². The number of amides is 2. The van der Waals surface area contributed by atoms with Crippen molar-refractivity contribution < 1.29 is 14.7 Å². The van der Waals surface area contributed by atoms with E-state index in [2.05, 4.69) is 31.5 Å². The van der Waals surface area contributed by atoms with Crippen molar-refractivity contribution in [1.82, 2.24) is 4.98 Å². The molecule has 0 aliphatic carbocycles. The lowest BCUT2D eigenvalue weighted by molar-refractivity contribution is 0.0690. The molecule has 108 valence electrons. The molecule has 2 aromatic rings. The Morgan fingerprint density at radius 1 is 1.14 bits per heavy atom. The highest BCUT2D eigenvalue weighted by atomic mass is 79.9. The van der Waals surface area contributed by atoms with Crippen LogP contribution >= 0.6 is 27.5 Å². The normalized spacial score (nSPS) is 10.0. The number of aromatic nitrogens is 1. The lowest BCUT2D eigenvalue weighted by atomic mass is 10.3. The number of hydrogen-bond donors (Lipinski definition) is 3. The molecule has 1 aromatic heterocycles. The molecule has 1 heterocycles. The maximum Gasteiger partial charge on any atom is 0.354 e. The summed E-state index contributed by atoms with van der Waals surface area (Å²) in [5.74, 6) is -1.13. The van der Waals surface area contributed by atoms with Gasteiger partial charge in [-0.25, -0.2) is 14.6 Å². The molecule has 2 amide bonds. The summed E-state index contributed by atoms with van der Waals surface area (Å²) in [7, 11) is 0. The molecule has 1 aromatic carbocycles. The number of carboxylic acid groups (broad SMARTS) is 1. The minimum Gasteiger partial charge on any atom is -0.477 e. The molecule has 0 saturated heterocycles. The Hall–Kier alpha value is -2.12. The Kier molecular flexibility index (Phi) is 4.77. The molecule has 21 heavy (non-hydrogen) atoms. The van der Waals surface area contributed by atoms with Gasteiger partial charge in [0.2, 0.25) is 0 Å². The van der Waals surface area contributed by atoms with Crippen LogP contribution in [0, 0.1) is 0 Å². The van der Waals surface area contributed by atoms with E-state index >= 15 is 0 Å². The number of rotatable bonds is 3. The summed E-state index contributed by atoms with van der Waals surface area (Å²) in [5, 5.41) is 14.3. The molecular weight excluding hydrogens is 362 g/mol. The minimum atomic E-state index is -1.13. The van der Waals surface area contributed by atoms with Gasteiger partial charge >= 0.3 is 12.0 Å². The van der Waals surface area contributed by atoms with E-state index < -0.39 is 12.0 Å². The first-order chi connectivity index (χ1) is 9.95. The van der Waals surface area contributed by atoms with Crippen LogP contribution < -0.4 is 10.6 Å². The van der Waals surface area contributed by atoms with E-state index in [1.165, 1.54) is 18.3 Å². The number of carbonyl (C=O) groups is 2. The van der Waals surface area contributed by atoms with Gasteiger partial charge in [0.05, 0.1) is 16.9 Å². The molecule has 2 rings (SSSR count). The van der Waals surface area contributed by atoms with Gasteiger partial charge in [0.25, 0.3) is 0 Å². The van der Waals surface area contributed by atoms with Crippen LogP contribution in [0.2, 0.25) is 5.02 Å². The quantitative estimate of drug-likeness (QED) is 0.765. The molecule has 6 nitrogen and oxygen atoms in total. The van der Waals surface area contributed by atoms with E-state index in [0.29, 0.717) is 16.4 Å². The fourth-order valence-corrected chi connectivity index (χ4v) is 1.89.